The van der Waals surface area contributed by atoms with Gasteiger partial charge in [-0.15, -0.1) is 15.3 Å². The number of hydrogen-bond acceptors (Lipinski definition) is 16. The van der Waals surface area contributed by atoms with Crippen LogP contribution in [-0.2, 0) is 10.1 Å². The Bertz CT molecular complexity index is 2250. The van der Waals surface area contributed by atoms with Crippen LogP contribution in [0.4, 0.5) is 63.3 Å². The molecule has 0 unspecified atom stereocenters. The van der Waals surface area contributed by atoms with Gasteiger partial charge in [-0.3, -0.25) is 4.55 Å². The number of nitrogens with one attached hydrogen (secondary N) is 2. The number of nitrogens with zero attached hydrogens (tertiary/aromatic N) is 10. The predicted octanol–water partition coefficient (Wildman–Crippen LogP) is 7.92. The molecule has 5 N–H and O–H groups in total. The van der Waals surface area contributed by atoms with Crippen LogP contribution < -0.4 is 25.3 Å². The van der Waals surface area contributed by atoms with Crippen molar-refractivity contribution in [2.45, 2.75) is 32.6 Å². The Balaban J connectivity index is 1.63. The van der Waals surface area contributed by atoms with Crippen LogP contribution in [0.2, 0.25) is 0 Å². The van der Waals surface area contributed by atoms with Gasteiger partial charge < -0.3 is 35.5 Å². The first kappa shape index (κ1) is 42.1. The summed E-state index contributed by atoms with van der Waals surface area (Å²) in [4.78, 5) is 19.7. The summed E-state index contributed by atoms with van der Waals surface area (Å²) < 4.78 is 33.9. The molecule has 0 amide bonds. The molecule has 4 aromatic carbocycles. The second kappa shape index (κ2) is 20.2. The molecule has 5 aromatic rings. The Morgan fingerprint density at radius 3 is 1.54 bits per heavy atom. The van der Waals surface area contributed by atoms with Crippen LogP contribution >= 0.6 is 0 Å². The summed E-state index contributed by atoms with van der Waals surface area (Å²) in [5.74, 6) is 0.374. The van der Waals surface area contributed by atoms with Crippen LogP contribution in [0, 0.1) is 0 Å². The fraction of sp³-hybridized carbons (Fsp3) is 0.308. The van der Waals surface area contributed by atoms with Gasteiger partial charge in [0.1, 0.15) is 22.0 Å². The zero-order valence-corrected chi connectivity index (χ0v) is 33.2. The lowest BCUT2D eigenvalue weighted by atomic mass is 10.2. The predicted molar refractivity (Wildman–Crippen MR) is 224 cm³/mol. The Morgan fingerprint density at radius 2 is 1.05 bits per heavy atom. The first-order valence-electron chi connectivity index (χ1n) is 18.6. The topological polar surface area (TPSA) is 217 Å². The number of aliphatic hydroxyl groups is 2. The van der Waals surface area contributed by atoms with Crippen LogP contribution in [0.15, 0.2) is 116 Å². The zero-order chi connectivity index (χ0) is 40.8. The third kappa shape index (κ3) is 11.3. The van der Waals surface area contributed by atoms with E-state index in [-0.39, 0.29) is 54.7 Å². The quantitative estimate of drug-likeness (QED) is 0.0374. The Labute approximate surface area is 332 Å². The van der Waals surface area contributed by atoms with Crippen LogP contribution in [-0.4, -0.2) is 90.6 Å². The minimum atomic E-state index is -4.57. The summed E-state index contributed by atoms with van der Waals surface area (Å²) in [5, 5.41) is 44.0. The van der Waals surface area contributed by atoms with E-state index in [9.17, 15) is 23.2 Å². The van der Waals surface area contributed by atoms with Crippen LogP contribution in [0.1, 0.15) is 27.7 Å². The maximum absolute atomic E-state index is 12.1. The summed E-state index contributed by atoms with van der Waals surface area (Å²) in [6, 6.07) is 26.3. The van der Waals surface area contributed by atoms with Crippen LogP contribution in [0.25, 0.3) is 0 Å². The van der Waals surface area contributed by atoms with Gasteiger partial charge in [0.05, 0.1) is 30.3 Å². The fourth-order valence-corrected chi connectivity index (χ4v) is 6.50. The van der Waals surface area contributed by atoms with Gasteiger partial charge in [0, 0.05) is 50.6 Å². The highest BCUT2D eigenvalue weighted by atomic mass is 32.2. The molecule has 1 aromatic heterocycles. The highest BCUT2D eigenvalue weighted by molar-refractivity contribution is 7.86. The van der Waals surface area contributed by atoms with Crippen LogP contribution in [0.5, 0.6) is 0 Å². The molecule has 17 nitrogen and oxygen atoms in total. The SMILES string of the molecule is CCN(CC)c1ccc(/N=N/c2ccccc2)c(Nc2nc(Nc3cc(N(CC)CC)ccc3/N=N/c3ccccc3S(=O)(=O)O)nc(N(CCO)CCO)n2)c1. The molecule has 0 aliphatic heterocycles. The van der Waals surface area contributed by atoms with Gasteiger partial charge in [0.2, 0.25) is 17.8 Å². The second-order valence-corrected chi connectivity index (χ2v) is 13.8. The molecule has 0 spiro atoms. The second-order valence-electron chi connectivity index (χ2n) is 12.4. The first-order chi connectivity index (χ1) is 27.6. The van der Waals surface area contributed by atoms with E-state index in [0.29, 0.717) is 28.4 Å². The normalized spacial score (nSPS) is 11.6. The molecule has 300 valence electrons. The minimum absolute atomic E-state index is 0.0523. The third-order valence-electron chi connectivity index (χ3n) is 8.79. The molecule has 0 saturated carbocycles. The van der Waals surface area contributed by atoms with Crippen LogP contribution in [0.3, 0.4) is 0 Å². The van der Waals surface area contributed by atoms with Gasteiger partial charge >= 0.3 is 0 Å². The van der Waals surface area contributed by atoms with Gasteiger partial charge in [-0.25, -0.2) is 0 Å². The average Bonchev–Trinajstić information content (AvgIpc) is 3.21. The highest BCUT2D eigenvalue weighted by Gasteiger charge is 2.19. The molecular formula is C39H48N12O5S. The highest BCUT2D eigenvalue weighted by Crippen LogP contribution is 2.36. The van der Waals surface area contributed by atoms with Gasteiger partial charge in [0.25, 0.3) is 10.1 Å². The molecule has 0 radical (unpaired) electrons. The third-order valence-corrected chi connectivity index (χ3v) is 9.70. The zero-order valence-electron chi connectivity index (χ0n) is 32.4. The summed E-state index contributed by atoms with van der Waals surface area (Å²) >= 11 is 0. The smallest absolute Gasteiger partial charge is 0.296 e. The first-order valence-corrected chi connectivity index (χ1v) is 20.0. The van der Waals surface area contributed by atoms with Gasteiger partial charge in [-0.1, -0.05) is 30.3 Å². The summed E-state index contributed by atoms with van der Waals surface area (Å²) in [6.45, 7) is 11.0. The number of benzene rings is 4. The molecule has 0 bridgehead atoms. The largest absolute Gasteiger partial charge is 0.395 e. The van der Waals surface area contributed by atoms with Crippen molar-refractivity contribution < 1.29 is 23.2 Å². The van der Waals surface area contributed by atoms with Crippen molar-refractivity contribution in [3.05, 3.63) is 91.0 Å². The standard InChI is InChI=1S/C39H48N12O5S/c1-5-49(6-2)29-18-20-31(46-45-28-14-10-9-11-15-28)34(26-29)40-37-42-38(44-39(43-37)51(22-24-52)23-25-53)41-35-27-30(50(7-3)8-4)19-21-32(35)47-48-33-16-12-13-17-36(33)57(54,55)56/h9-21,26-27,52-53H,5-8,22-25H2,1-4H3,(H,54,55,56)(H2,40,41,42,43,44)/b46-45+,48-47+. The molecule has 5 rings (SSSR count). The maximum atomic E-state index is 12.1. The van der Waals surface area contributed by atoms with E-state index in [1.54, 1.807) is 17.0 Å². The molecule has 1 heterocycles. The maximum Gasteiger partial charge on any atom is 0.296 e. The molecule has 0 fully saturated rings. The Kier molecular flexibility index (Phi) is 14.9. The van der Waals surface area contributed by atoms with E-state index in [2.05, 4.69) is 59.7 Å². The average molecular weight is 797 g/mol. The van der Waals surface area contributed by atoms with E-state index >= 15 is 0 Å². The molecule has 0 aliphatic carbocycles. The molecular weight excluding hydrogens is 749 g/mol. The minimum Gasteiger partial charge on any atom is -0.395 e. The van der Waals surface area contributed by atoms with E-state index in [0.717, 1.165) is 37.6 Å². The van der Waals surface area contributed by atoms with Gasteiger partial charge in [-0.2, -0.15) is 28.5 Å². The summed E-state index contributed by atoms with van der Waals surface area (Å²) in [6.07, 6.45) is 0. The van der Waals surface area contributed by atoms with Crippen molar-refractivity contribution in [2.75, 3.05) is 77.8 Å². The van der Waals surface area contributed by atoms with E-state index in [1.807, 2.05) is 74.5 Å². The van der Waals surface area contributed by atoms with Gasteiger partial charge in [0.15, 0.2) is 0 Å². The van der Waals surface area contributed by atoms with E-state index in [1.165, 1.54) is 18.2 Å². The van der Waals surface area contributed by atoms with Gasteiger partial charge in [-0.05, 0) is 88.4 Å². The van der Waals surface area contributed by atoms with Crippen molar-refractivity contribution in [3.63, 3.8) is 0 Å². The number of anilines is 7. The molecule has 57 heavy (non-hydrogen) atoms. The van der Waals surface area contributed by atoms with Crippen molar-refractivity contribution in [2.24, 2.45) is 20.5 Å². The van der Waals surface area contributed by atoms with Crippen molar-refractivity contribution >= 4 is 73.5 Å². The number of rotatable bonds is 20. The number of aromatic nitrogens is 3. The molecule has 0 saturated heterocycles. The van der Waals surface area contributed by atoms with E-state index in [4.69, 9.17) is 9.97 Å². The summed E-state index contributed by atoms with van der Waals surface area (Å²) in [5.41, 5.74) is 4.24. The lowest BCUT2D eigenvalue weighted by Gasteiger charge is -2.24. The van der Waals surface area contributed by atoms with Crippen molar-refractivity contribution in [3.8, 4) is 0 Å². The lowest BCUT2D eigenvalue weighted by molar-refractivity contribution is 0.280. The van der Waals surface area contributed by atoms with Crippen molar-refractivity contribution in [1.82, 2.24) is 15.0 Å². The fourth-order valence-electron chi connectivity index (χ4n) is 5.88. The van der Waals surface area contributed by atoms with Crippen molar-refractivity contribution in [1.29, 1.82) is 0 Å². The Morgan fingerprint density at radius 1 is 0.579 bits per heavy atom. The number of hydrogen-bond donors (Lipinski definition) is 5. The lowest BCUT2D eigenvalue weighted by Crippen LogP contribution is -2.31. The number of azo groups is 2. The molecule has 0 aliphatic rings. The van der Waals surface area contributed by atoms with E-state index < -0.39 is 10.1 Å². The molecule has 0 atom stereocenters. The Hall–Kier alpha value is -6.08. The molecule has 18 heteroatoms. The summed E-state index contributed by atoms with van der Waals surface area (Å²) in [7, 11) is -4.57. The monoisotopic (exact) mass is 796 g/mol. The number of aliphatic hydroxyl groups excluding tert-OH is 2.